The molecule has 0 aliphatic rings. The van der Waals surface area contributed by atoms with Crippen molar-refractivity contribution in [2.45, 2.75) is 6.92 Å². The van der Waals surface area contributed by atoms with E-state index < -0.39 is 0 Å². The van der Waals surface area contributed by atoms with Crippen molar-refractivity contribution in [2.24, 2.45) is 0 Å². The SMILES string of the molecule is Cc1nc(-c2[nH]nc(N)c2-c2ccccc2)cs1. The molecule has 18 heavy (non-hydrogen) atoms. The monoisotopic (exact) mass is 256 g/mol. The molecule has 90 valence electrons. The Bertz CT molecular complexity index is 669. The minimum absolute atomic E-state index is 0.502. The maximum absolute atomic E-state index is 5.95. The summed E-state index contributed by atoms with van der Waals surface area (Å²) in [5, 5.41) is 10.1. The van der Waals surface area contributed by atoms with E-state index in [2.05, 4.69) is 15.2 Å². The van der Waals surface area contributed by atoms with Crippen LogP contribution in [0, 0.1) is 6.92 Å². The summed E-state index contributed by atoms with van der Waals surface area (Å²) in [6.07, 6.45) is 0. The molecule has 4 nitrogen and oxygen atoms in total. The van der Waals surface area contributed by atoms with Crippen molar-refractivity contribution in [3.8, 4) is 22.5 Å². The Morgan fingerprint density at radius 2 is 2.00 bits per heavy atom. The largest absolute Gasteiger partial charge is 0.382 e. The summed E-state index contributed by atoms with van der Waals surface area (Å²) in [4.78, 5) is 4.47. The van der Waals surface area contributed by atoms with Gasteiger partial charge in [-0.1, -0.05) is 30.3 Å². The molecule has 0 unspecified atom stereocenters. The summed E-state index contributed by atoms with van der Waals surface area (Å²) < 4.78 is 0. The molecule has 0 spiro atoms. The van der Waals surface area contributed by atoms with Gasteiger partial charge in [-0.05, 0) is 12.5 Å². The van der Waals surface area contributed by atoms with Crippen LogP contribution in [-0.4, -0.2) is 15.2 Å². The van der Waals surface area contributed by atoms with Crippen LogP contribution in [0.3, 0.4) is 0 Å². The molecule has 0 amide bonds. The highest BCUT2D eigenvalue weighted by molar-refractivity contribution is 7.09. The first-order valence-corrected chi connectivity index (χ1v) is 6.45. The lowest BCUT2D eigenvalue weighted by Crippen LogP contribution is -1.88. The van der Waals surface area contributed by atoms with Gasteiger partial charge in [-0.2, -0.15) is 5.10 Å². The molecule has 3 rings (SSSR count). The normalized spacial score (nSPS) is 10.7. The lowest BCUT2D eigenvalue weighted by Gasteiger charge is -2.01. The quantitative estimate of drug-likeness (QED) is 0.740. The van der Waals surface area contributed by atoms with Gasteiger partial charge in [0.25, 0.3) is 0 Å². The second-order valence-electron chi connectivity index (χ2n) is 3.98. The maximum atomic E-state index is 5.95. The highest BCUT2D eigenvalue weighted by Gasteiger charge is 2.16. The standard InChI is InChI=1S/C13H12N4S/c1-8-15-10(7-18-8)12-11(13(14)17-16-12)9-5-3-2-4-6-9/h2-7H,1H3,(H3,14,16,17). The Kier molecular flexibility index (Phi) is 2.60. The Morgan fingerprint density at radius 3 is 2.67 bits per heavy atom. The van der Waals surface area contributed by atoms with Crippen LogP contribution in [0.4, 0.5) is 5.82 Å². The number of nitrogens with two attached hydrogens (primary N) is 1. The third kappa shape index (κ3) is 1.78. The van der Waals surface area contributed by atoms with Gasteiger partial charge in [0.1, 0.15) is 0 Å². The first kappa shape index (κ1) is 11.0. The molecule has 0 fully saturated rings. The third-order valence-electron chi connectivity index (χ3n) is 2.73. The maximum Gasteiger partial charge on any atom is 0.153 e. The summed E-state index contributed by atoms with van der Waals surface area (Å²) in [5.74, 6) is 0.502. The predicted molar refractivity (Wildman–Crippen MR) is 74.3 cm³/mol. The average Bonchev–Trinajstić information content (AvgIpc) is 2.96. The van der Waals surface area contributed by atoms with Gasteiger partial charge < -0.3 is 5.73 Å². The van der Waals surface area contributed by atoms with Crippen LogP contribution >= 0.6 is 11.3 Å². The van der Waals surface area contributed by atoms with Crippen molar-refractivity contribution in [3.63, 3.8) is 0 Å². The van der Waals surface area contributed by atoms with E-state index in [0.717, 1.165) is 27.5 Å². The van der Waals surface area contributed by atoms with Crippen LogP contribution < -0.4 is 5.73 Å². The molecule has 1 aromatic carbocycles. The number of H-pyrrole nitrogens is 1. The van der Waals surface area contributed by atoms with E-state index >= 15 is 0 Å². The van der Waals surface area contributed by atoms with E-state index in [1.54, 1.807) is 11.3 Å². The molecule has 2 heterocycles. The molecular weight excluding hydrogens is 244 g/mol. The van der Waals surface area contributed by atoms with Crippen LogP contribution in [0.2, 0.25) is 0 Å². The number of nitrogens with one attached hydrogen (secondary N) is 1. The highest BCUT2D eigenvalue weighted by atomic mass is 32.1. The summed E-state index contributed by atoms with van der Waals surface area (Å²) in [7, 11) is 0. The molecule has 0 radical (unpaired) electrons. The summed E-state index contributed by atoms with van der Waals surface area (Å²) in [6, 6.07) is 9.98. The number of benzene rings is 1. The van der Waals surface area contributed by atoms with E-state index in [1.807, 2.05) is 42.6 Å². The molecule has 0 bridgehead atoms. The number of nitrogen functional groups attached to an aromatic ring is 1. The van der Waals surface area contributed by atoms with Crippen molar-refractivity contribution in [3.05, 3.63) is 40.7 Å². The van der Waals surface area contributed by atoms with Crippen LogP contribution in [0.1, 0.15) is 5.01 Å². The molecule has 5 heteroatoms. The predicted octanol–water partition coefficient (Wildman–Crippen LogP) is 3.09. The number of nitrogens with zero attached hydrogens (tertiary/aromatic N) is 2. The second kappa shape index (κ2) is 4.27. The van der Waals surface area contributed by atoms with E-state index in [0.29, 0.717) is 5.82 Å². The van der Waals surface area contributed by atoms with Gasteiger partial charge in [0.2, 0.25) is 0 Å². The smallest absolute Gasteiger partial charge is 0.153 e. The topological polar surface area (TPSA) is 67.6 Å². The molecule has 0 aliphatic carbocycles. The zero-order chi connectivity index (χ0) is 12.5. The number of anilines is 1. The molecule has 2 aromatic heterocycles. The zero-order valence-corrected chi connectivity index (χ0v) is 10.7. The fourth-order valence-electron chi connectivity index (χ4n) is 1.92. The van der Waals surface area contributed by atoms with E-state index in [-0.39, 0.29) is 0 Å². The molecule has 0 aliphatic heterocycles. The molecular formula is C13H12N4S. The zero-order valence-electron chi connectivity index (χ0n) is 9.84. The number of hydrogen-bond donors (Lipinski definition) is 2. The number of rotatable bonds is 2. The summed E-state index contributed by atoms with van der Waals surface area (Å²) >= 11 is 1.61. The number of aromatic amines is 1. The van der Waals surface area contributed by atoms with E-state index in [4.69, 9.17) is 5.73 Å². The lowest BCUT2D eigenvalue weighted by molar-refractivity contribution is 1.09. The van der Waals surface area contributed by atoms with Crippen LogP contribution in [0.15, 0.2) is 35.7 Å². The van der Waals surface area contributed by atoms with E-state index in [9.17, 15) is 0 Å². The van der Waals surface area contributed by atoms with Crippen LogP contribution in [0.25, 0.3) is 22.5 Å². The Hall–Kier alpha value is -2.14. The number of aromatic nitrogens is 3. The van der Waals surface area contributed by atoms with Crippen LogP contribution in [-0.2, 0) is 0 Å². The van der Waals surface area contributed by atoms with Gasteiger partial charge in [-0.15, -0.1) is 11.3 Å². The highest BCUT2D eigenvalue weighted by Crippen LogP contribution is 2.34. The lowest BCUT2D eigenvalue weighted by atomic mass is 10.0. The molecule has 3 N–H and O–H groups in total. The third-order valence-corrected chi connectivity index (χ3v) is 3.51. The van der Waals surface area contributed by atoms with Crippen molar-refractivity contribution >= 4 is 17.2 Å². The Balaban J connectivity index is 2.18. The fraction of sp³-hybridized carbons (Fsp3) is 0.0769. The van der Waals surface area contributed by atoms with Gasteiger partial charge in [-0.3, -0.25) is 5.10 Å². The van der Waals surface area contributed by atoms with E-state index in [1.165, 1.54) is 0 Å². The van der Waals surface area contributed by atoms with Gasteiger partial charge >= 0.3 is 0 Å². The van der Waals surface area contributed by atoms with Crippen LogP contribution in [0.5, 0.6) is 0 Å². The van der Waals surface area contributed by atoms with Gasteiger partial charge in [-0.25, -0.2) is 4.98 Å². The van der Waals surface area contributed by atoms with Gasteiger partial charge in [0.05, 0.1) is 22.0 Å². The first-order valence-electron chi connectivity index (χ1n) is 5.57. The molecule has 0 saturated heterocycles. The van der Waals surface area contributed by atoms with Gasteiger partial charge in [0.15, 0.2) is 5.82 Å². The van der Waals surface area contributed by atoms with Crippen molar-refractivity contribution in [1.82, 2.24) is 15.2 Å². The van der Waals surface area contributed by atoms with Gasteiger partial charge in [0, 0.05) is 5.38 Å². The first-order chi connectivity index (χ1) is 8.75. The molecule has 0 saturated carbocycles. The fourth-order valence-corrected chi connectivity index (χ4v) is 2.52. The van der Waals surface area contributed by atoms with Crippen molar-refractivity contribution < 1.29 is 0 Å². The minimum Gasteiger partial charge on any atom is -0.382 e. The molecule has 3 aromatic rings. The summed E-state index contributed by atoms with van der Waals surface area (Å²) in [5.41, 5.74) is 9.68. The van der Waals surface area contributed by atoms with Crippen molar-refractivity contribution in [2.75, 3.05) is 5.73 Å². The Labute approximate surface area is 109 Å². The minimum atomic E-state index is 0.502. The number of thiazole rings is 1. The number of aryl methyl sites for hydroxylation is 1. The van der Waals surface area contributed by atoms with Crippen molar-refractivity contribution in [1.29, 1.82) is 0 Å². The number of hydrogen-bond acceptors (Lipinski definition) is 4. The summed E-state index contributed by atoms with van der Waals surface area (Å²) in [6.45, 7) is 1.98. The Morgan fingerprint density at radius 1 is 1.22 bits per heavy atom. The molecule has 0 atom stereocenters. The second-order valence-corrected chi connectivity index (χ2v) is 5.04. The average molecular weight is 256 g/mol.